The predicted molar refractivity (Wildman–Crippen MR) is 175 cm³/mol. The molecule has 0 N–H and O–H groups in total. The number of hydrogen-bond donors (Lipinski definition) is 0. The summed E-state index contributed by atoms with van der Waals surface area (Å²) < 4.78 is 29.3. The average Bonchev–Trinajstić information content (AvgIpc) is 2.91. The molecule has 0 heterocycles. The van der Waals surface area contributed by atoms with Gasteiger partial charge in [-0.25, -0.2) is 0 Å². The molecule has 0 spiro atoms. The van der Waals surface area contributed by atoms with Crippen molar-refractivity contribution in [3.05, 3.63) is 55.6 Å². The first kappa shape index (κ1) is 35.0. The highest BCUT2D eigenvalue weighted by Gasteiger charge is 2.18. The zero-order valence-corrected chi connectivity index (χ0v) is 30.4. The molecule has 0 saturated carbocycles. The van der Waals surface area contributed by atoms with E-state index in [1.54, 1.807) is 0 Å². The molecule has 0 unspecified atom stereocenters. The molecule has 0 radical (unpaired) electrons. The van der Waals surface area contributed by atoms with Crippen molar-refractivity contribution in [3.8, 4) is 11.5 Å². The van der Waals surface area contributed by atoms with E-state index in [0.29, 0.717) is 52.9 Å². The largest absolute Gasteiger partial charge is 0.491 e. The zero-order valence-electron chi connectivity index (χ0n) is 24.0. The van der Waals surface area contributed by atoms with Crippen molar-refractivity contribution >= 4 is 63.7 Å². The summed E-state index contributed by atoms with van der Waals surface area (Å²) >= 11 is 14.5. The molecule has 2 rings (SSSR count). The Balaban J connectivity index is 1.61. The van der Waals surface area contributed by atoms with Crippen LogP contribution in [0.4, 0.5) is 0 Å². The van der Waals surface area contributed by atoms with E-state index in [0.717, 1.165) is 32.8 Å². The van der Waals surface area contributed by atoms with Gasteiger partial charge in [-0.2, -0.15) is 0 Å². The predicted octanol–water partition coefficient (Wildman–Crippen LogP) is 8.62. The molecule has 39 heavy (non-hydrogen) atoms. The van der Waals surface area contributed by atoms with Crippen molar-refractivity contribution in [1.29, 1.82) is 0 Å². The monoisotopic (exact) mass is 798 g/mol. The second kappa shape index (κ2) is 18.4. The number of alkyl halides is 4. The highest BCUT2D eigenvalue weighted by Crippen LogP contribution is 2.36. The molecule has 5 nitrogen and oxygen atoms in total. The fourth-order valence-corrected chi connectivity index (χ4v) is 8.15. The minimum absolute atomic E-state index is 0.505. The molecule has 0 atom stereocenters. The van der Waals surface area contributed by atoms with Crippen LogP contribution in [0.15, 0.2) is 0 Å². The van der Waals surface area contributed by atoms with Gasteiger partial charge in [0, 0.05) is 21.3 Å². The Morgan fingerprint density at radius 2 is 0.590 bits per heavy atom. The maximum atomic E-state index is 6.12. The zero-order chi connectivity index (χ0) is 28.9. The van der Waals surface area contributed by atoms with E-state index in [1.165, 1.54) is 55.6 Å². The van der Waals surface area contributed by atoms with Crippen LogP contribution < -0.4 is 9.47 Å². The van der Waals surface area contributed by atoms with Crippen LogP contribution in [0.25, 0.3) is 0 Å². The van der Waals surface area contributed by atoms with Crippen LogP contribution in [-0.2, 0) is 35.5 Å². The van der Waals surface area contributed by atoms with Crippen molar-refractivity contribution in [2.75, 3.05) is 52.9 Å². The van der Waals surface area contributed by atoms with Crippen LogP contribution in [0.3, 0.4) is 0 Å². The minimum atomic E-state index is 0.505. The summed E-state index contributed by atoms with van der Waals surface area (Å²) in [5.74, 6) is 1.93. The van der Waals surface area contributed by atoms with Gasteiger partial charge in [0.1, 0.15) is 24.7 Å². The summed E-state index contributed by atoms with van der Waals surface area (Å²) in [5, 5.41) is 3.26. The molecule has 0 bridgehead atoms. The van der Waals surface area contributed by atoms with Gasteiger partial charge < -0.3 is 23.7 Å². The van der Waals surface area contributed by atoms with E-state index in [-0.39, 0.29) is 0 Å². The van der Waals surface area contributed by atoms with Gasteiger partial charge in [0.15, 0.2) is 0 Å². The molecular weight excluding hydrogens is 760 g/mol. The summed E-state index contributed by atoms with van der Waals surface area (Å²) in [5.41, 5.74) is 12.6. The average molecular weight is 802 g/mol. The van der Waals surface area contributed by atoms with Gasteiger partial charge >= 0.3 is 0 Å². The summed E-state index contributed by atoms with van der Waals surface area (Å²) in [4.78, 5) is 0. The van der Waals surface area contributed by atoms with Gasteiger partial charge in [-0.05, 0) is 97.2 Å². The van der Waals surface area contributed by atoms with E-state index in [1.807, 2.05) is 0 Å². The molecule has 0 saturated heterocycles. The summed E-state index contributed by atoms with van der Waals surface area (Å²) in [6.45, 7) is 17.0. The van der Waals surface area contributed by atoms with Crippen molar-refractivity contribution in [1.82, 2.24) is 0 Å². The highest BCUT2D eigenvalue weighted by molar-refractivity contribution is 9.09. The Morgan fingerprint density at radius 3 is 0.821 bits per heavy atom. The Kier molecular flexibility index (Phi) is 16.5. The molecule has 0 aliphatic carbocycles. The molecule has 2 aromatic rings. The number of rotatable bonds is 18. The van der Waals surface area contributed by atoms with E-state index in [4.69, 9.17) is 23.7 Å². The van der Waals surface area contributed by atoms with Gasteiger partial charge in [0.2, 0.25) is 0 Å². The van der Waals surface area contributed by atoms with E-state index in [2.05, 4.69) is 105 Å². The van der Waals surface area contributed by atoms with E-state index < -0.39 is 0 Å². The highest BCUT2D eigenvalue weighted by atomic mass is 79.9. The Hall–Kier alpha value is -0.160. The van der Waals surface area contributed by atoms with Gasteiger partial charge in [0.25, 0.3) is 0 Å². The van der Waals surface area contributed by atoms with Gasteiger partial charge in [0.05, 0.1) is 39.6 Å². The molecule has 0 amide bonds. The topological polar surface area (TPSA) is 46.2 Å². The van der Waals surface area contributed by atoms with Crippen LogP contribution in [0, 0.1) is 41.5 Å². The first-order valence-corrected chi connectivity index (χ1v) is 17.7. The van der Waals surface area contributed by atoms with Gasteiger partial charge in [-0.1, -0.05) is 63.7 Å². The Morgan fingerprint density at radius 1 is 0.359 bits per heavy atom. The quantitative estimate of drug-likeness (QED) is 0.112. The van der Waals surface area contributed by atoms with Crippen LogP contribution in [0.5, 0.6) is 11.5 Å². The normalized spacial score (nSPS) is 11.3. The fraction of sp³-hybridized carbons (Fsp3) is 0.600. The minimum Gasteiger partial charge on any atom is -0.491 e. The molecule has 0 aromatic heterocycles. The molecule has 0 aliphatic heterocycles. The molecule has 0 fully saturated rings. The first-order chi connectivity index (χ1) is 18.7. The molecule has 9 heteroatoms. The molecule has 2 aromatic carbocycles. The van der Waals surface area contributed by atoms with Gasteiger partial charge in [-0.3, -0.25) is 0 Å². The maximum absolute atomic E-state index is 6.12. The van der Waals surface area contributed by atoms with Crippen LogP contribution in [-0.4, -0.2) is 52.9 Å². The standard InChI is InChI=1S/C30H42Br4O5/c1-19-25(15-31)21(3)29(22(4)26(19)16-32)38-13-11-36-9-7-35-8-10-37-12-14-39-30-23(5)27(17-33)20(2)28(18-34)24(30)6/h7-18H2,1-6H3. The SMILES string of the molecule is Cc1c(CBr)c(C)c(OCCOCCOCCOCCOc2c(C)c(CBr)c(C)c(CBr)c2C)c(C)c1CBr. The van der Waals surface area contributed by atoms with Crippen LogP contribution in [0.1, 0.15) is 55.6 Å². The summed E-state index contributed by atoms with van der Waals surface area (Å²) in [6, 6.07) is 0. The van der Waals surface area contributed by atoms with E-state index in [9.17, 15) is 0 Å². The number of hydrogen-bond acceptors (Lipinski definition) is 5. The smallest absolute Gasteiger partial charge is 0.125 e. The molecule has 220 valence electrons. The molecular formula is C30H42Br4O5. The van der Waals surface area contributed by atoms with Crippen molar-refractivity contribution in [2.45, 2.75) is 62.9 Å². The number of benzene rings is 2. The molecule has 0 aliphatic rings. The lowest BCUT2D eigenvalue weighted by Gasteiger charge is -2.21. The third-order valence-electron chi connectivity index (χ3n) is 7.21. The number of halogens is 4. The summed E-state index contributed by atoms with van der Waals surface area (Å²) in [7, 11) is 0. The summed E-state index contributed by atoms with van der Waals surface area (Å²) in [6.07, 6.45) is 0. The third kappa shape index (κ3) is 9.42. The third-order valence-corrected chi connectivity index (χ3v) is 9.45. The Bertz CT molecular complexity index is 929. The lowest BCUT2D eigenvalue weighted by molar-refractivity contribution is 0.00486. The second-order valence-corrected chi connectivity index (χ2v) is 11.6. The Labute approximate surface area is 268 Å². The fourth-order valence-electron chi connectivity index (χ4n) is 4.78. The lowest BCUT2D eigenvalue weighted by atomic mass is 9.94. The van der Waals surface area contributed by atoms with E-state index >= 15 is 0 Å². The maximum Gasteiger partial charge on any atom is 0.125 e. The second-order valence-electron chi connectivity index (χ2n) is 9.39. The van der Waals surface area contributed by atoms with Gasteiger partial charge in [-0.15, -0.1) is 0 Å². The lowest BCUT2D eigenvalue weighted by Crippen LogP contribution is -2.15. The van der Waals surface area contributed by atoms with Crippen LogP contribution >= 0.6 is 63.7 Å². The van der Waals surface area contributed by atoms with Crippen molar-refractivity contribution in [2.24, 2.45) is 0 Å². The number of ether oxygens (including phenoxy) is 5. The first-order valence-electron chi connectivity index (χ1n) is 13.2. The van der Waals surface area contributed by atoms with Crippen molar-refractivity contribution < 1.29 is 23.7 Å². The van der Waals surface area contributed by atoms with Crippen molar-refractivity contribution in [3.63, 3.8) is 0 Å². The van der Waals surface area contributed by atoms with Crippen LogP contribution in [0.2, 0.25) is 0 Å².